The number of pyridine rings is 1. The van der Waals surface area contributed by atoms with Gasteiger partial charge in [0.2, 0.25) is 5.88 Å². The number of H-pyrrole nitrogens is 1. The highest BCUT2D eigenvalue weighted by molar-refractivity contribution is 7.71. The molecule has 0 atom stereocenters. The molecule has 10 heteroatoms. The molecular weight excluding hydrogens is 390 g/mol. The van der Waals surface area contributed by atoms with Crippen LogP contribution in [-0.4, -0.2) is 31.8 Å². The third kappa shape index (κ3) is 4.10. The van der Waals surface area contributed by atoms with Crippen molar-refractivity contribution in [2.75, 3.05) is 0 Å². The molecule has 0 saturated carbocycles. The number of hydrazone groups is 1. The van der Waals surface area contributed by atoms with Crippen LogP contribution in [0.5, 0.6) is 5.88 Å². The monoisotopic (exact) mass is 401 g/mol. The van der Waals surface area contributed by atoms with E-state index in [0.717, 1.165) is 6.21 Å². The van der Waals surface area contributed by atoms with Crippen molar-refractivity contribution in [3.05, 3.63) is 80.1 Å². The fourth-order valence-electron chi connectivity index (χ4n) is 2.23. The van der Waals surface area contributed by atoms with Crippen LogP contribution in [0.15, 0.2) is 58.7 Å². The van der Waals surface area contributed by atoms with E-state index < -0.39 is 17.3 Å². The summed E-state index contributed by atoms with van der Waals surface area (Å²) in [6, 6.07) is 9.58. The Balaban J connectivity index is 1.94. The number of benzene rings is 1. The van der Waals surface area contributed by atoms with Gasteiger partial charge in [0.05, 0.1) is 11.9 Å². The number of hydrogen-bond donors (Lipinski definition) is 3. The Morgan fingerprint density at radius 1 is 1.33 bits per heavy atom. The molecule has 2 aromatic heterocycles. The molecule has 0 fully saturated rings. The molecule has 0 bridgehead atoms. The van der Waals surface area contributed by atoms with Crippen molar-refractivity contribution in [1.29, 1.82) is 0 Å². The zero-order valence-electron chi connectivity index (χ0n) is 13.6. The third-order valence-electron chi connectivity index (χ3n) is 3.49. The first kappa shape index (κ1) is 18.5. The molecule has 136 valence electrons. The maximum atomic E-state index is 12.1. The number of hydrogen-bond acceptors (Lipinski definition) is 6. The molecule has 0 unspecified atom stereocenters. The lowest BCUT2D eigenvalue weighted by Gasteiger charge is -2.11. The Hall–Kier alpha value is -3.30. The summed E-state index contributed by atoms with van der Waals surface area (Å²) in [6.45, 7) is 0. The van der Waals surface area contributed by atoms with Gasteiger partial charge in [-0.2, -0.15) is 5.10 Å². The van der Waals surface area contributed by atoms with Crippen molar-refractivity contribution in [2.45, 2.75) is 0 Å². The van der Waals surface area contributed by atoms with E-state index in [9.17, 15) is 14.7 Å². The largest absolute Gasteiger partial charge is 0.494 e. The molecule has 1 amide bonds. The first-order chi connectivity index (χ1) is 13.0. The lowest BCUT2D eigenvalue weighted by Crippen LogP contribution is -2.21. The second kappa shape index (κ2) is 7.94. The molecule has 3 rings (SSSR count). The zero-order valence-corrected chi connectivity index (χ0v) is 15.2. The number of aromatic nitrogens is 3. The highest BCUT2D eigenvalue weighted by Gasteiger charge is 2.13. The van der Waals surface area contributed by atoms with Crippen molar-refractivity contribution >= 4 is 35.9 Å². The summed E-state index contributed by atoms with van der Waals surface area (Å²) in [5.74, 6) is -0.930. The quantitative estimate of drug-likeness (QED) is 0.353. The van der Waals surface area contributed by atoms with Gasteiger partial charge in [-0.05, 0) is 42.5 Å². The molecule has 0 aliphatic carbocycles. The molecule has 0 spiro atoms. The van der Waals surface area contributed by atoms with E-state index in [4.69, 9.17) is 23.8 Å². The van der Waals surface area contributed by atoms with E-state index in [0.29, 0.717) is 16.3 Å². The van der Waals surface area contributed by atoms with Crippen molar-refractivity contribution in [3.8, 4) is 11.6 Å². The molecule has 2 heterocycles. The Bertz CT molecular complexity index is 1140. The zero-order chi connectivity index (χ0) is 19.4. The van der Waals surface area contributed by atoms with Gasteiger partial charge in [0, 0.05) is 23.0 Å². The third-order valence-corrected chi connectivity index (χ3v) is 4.01. The fraction of sp³-hybridized carbons (Fsp3) is 0. The van der Waals surface area contributed by atoms with Crippen LogP contribution in [-0.2, 0) is 0 Å². The van der Waals surface area contributed by atoms with Crippen LogP contribution in [0.25, 0.3) is 5.69 Å². The van der Waals surface area contributed by atoms with Crippen LogP contribution < -0.4 is 11.0 Å². The number of amides is 1. The van der Waals surface area contributed by atoms with E-state index in [-0.39, 0.29) is 10.3 Å². The van der Waals surface area contributed by atoms with Crippen molar-refractivity contribution in [3.63, 3.8) is 0 Å². The van der Waals surface area contributed by atoms with Gasteiger partial charge in [-0.15, -0.1) is 0 Å². The van der Waals surface area contributed by atoms with Crippen LogP contribution in [0.2, 0.25) is 5.02 Å². The molecule has 3 N–H and O–H groups in total. The van der Waals surface area contributed by atoms with Gasteiger partial charge in [-0.25, -0.2) is 5.43 Å². The van der Waals surface area contributed by atoms with E-state index in [2.05, 4.69) is 20.5 Å². The summed E-state index contributed by atoms with van der Waals surface area (Å²) in [5, 5.41) is 14.7. The number of aromatic amines is 1. The number of carbonyl (C=O) groups is 1. The molecule has 0 aliphatic rings. The first-order valence-corrected chi connectivity index (χ1v) is 8.33. The Labute approximate surface area is 162 Å². The van der Waals surface area contributed by atoms with Gasteiger partial charge in [-0.3, -0.25) is 24.1 Å². The Kier molecular flexibility index (Phi) is 5.43. The molecule has 0 aliphatic heterocycles. The van der Waals surface area contributed by atoms with E-state index in [1.807, 2.05) is 0 Å². The molecule has 8 nitrogen and oxygen atoms in total. The minimum atomic E-state index is -0.655. The summed E-state index contributed by atoms with van der Waals surface area (Å²) in [4.78, 5) is 30.3. The Morgan fingerprint density at radius 2 is 2.07 bits per heavy atom. The topological polar surface area (TPSA) is 112 Å². The maximum Gasteiger partial charge on any atom is 0.271 e. The van der Waals surface area contributed by atoms with Crippen LogP contribution in [0.4, 0.5) is 0 Å². The van der Waals surface area contributed by atoms with Crippen molar-refractivity contribution in [2.24, 2.45) is 5.10 Å². The van der Waals surface area contributed by atoms with Gasteiger partial charge >= 0.3 is 0 Å². The average molecular weight is 402 g/mol. The second-order valence-electron chi connectivity index (χ2n) is 5.25. The summed E-state index contributed by atoms with van der Waals surface area (Å²) in [5.41, 5.74) is 2.23. The van der Waals surface area contributed by atoms with Crippen LogP contribution in [0.3, 0.4) is 0 Å². The van der Waals surface area contributed by atoms with E-state index >= 15 is 0 Å². The minimum Gasteiger partial charge on any atom is -0.494 e. The number of carbonyl (C=O) groups excluding carboxylic acids is 1. The molecule has 3 aromatic rings. The SMILES string of the molecule is O=C(N/N=C\c1c(O)n(-c2cccc(Cl)c2)c(=S)[nH]c1=O)c1ccncc1. The summed E-state index contributed by atoms with van der Waals surface area (Å²) < 4.78 is 1.21. The second-order valence-corrected chi connectivity index (χ2v) is 6.07. The normalized spacial score (nSPS) is 10.9. The van der Waals surface area contributed by atoms with E-state index in [1.165, 1.54) is 29.1 Å². The number of rotatable bonds is 4. The number of nitrogens with zero attached hydrogens (tertiary/aromatic N) is 3. The van der Waals surface area contributed by atoms with Crippen molar-refractivity contribution < 1.29 is 9.90 Å². The van der Waals surface area contributed by atoms with Crippen LogP contribution in [0, 0.1) is 4.77 Å². The molecular formula is C17H12ClN5O3S. The van der Waals surface area contributed by atoms with Crippen LogP contribution >= 0.6 is 23.8 Å². The summed E-state index contributed by atoms with van der Waals surface area (Å²) in [7, 11) is 0. The van der Waals surface area contributed by atoms with Gasteiger partial charge < -0.3 is 5.11 Å². The number of halogens is 1. The minimum absolute atomic E-state index is 0.0160. The first-order valence-electron chi connectivity index (χ1n) is 7.55. The standard InChI is InChI=1S/C17H12ClN5O3S/c18-11-2-1-3-12(8-11)23-16(26)13(15(25)21-17(23)27)9-20-22-14(24)10-4-6-19-7-5-10/h1-9,26H,(H,22,24)(H,21,25,27)/b20-9-. The van der Waals surface area contributed by atoms with Crippen LogP contribution in [0.1, 0.15) is 15.9 Å². The van der Waals surface area contributed by atoms with Crippen molar-refractivity contribution in [1.82, 2.24) is 20.0 Å². The molecule has 1 aromatic carbocycles. The summed E-state index contributed by atoms with van der Waals surface area (Å²) in [6.07, 6.45) is 3.96. The predicted octanol–water partition coefficient (Wildman–Crippen LogP) is 2.41. The molecule has 27 heavy (non-hydrogen) atoms. The van der Waals surface area contributed by atoms with Gasteiger partial charge in [0.1, 0.15) is 5.56 Å². The van der Waals surface area contributed by atoms with Gasteiger partial charge in [-0.1, -0.05) is 17.7 Å². The fourth-order valence-corrected chi connectivity index (χ4v) is 2.70. The average Bonchev–Trinajstić information content (AvgIpc) is 2.65. The lowest BCUT2D eigenvalue weighted by molar-refractivity contribution is 0.0955. The number of nitrogens with one attached hydrogen (secondary N) is 2. The smallest absolute Gasteiger partial charge is 0.271 e. The highest BCUT2D eigenvalue weighted by atomic mass is 35.5. The maximum absolute atomic E-state index is 12.1. The summed E-state index contributed by atoms with van der Waals surface area (Å²) >= 11 is 11.1. The molecule has 0 saturated heterocycles. The highest BCUT2D eigenvalue weighted by Crippen LogP contribution is 2.21. The predicted molar refractivity (Wildman–Crippen MR) is 103 cm³/mol. The van der Waals surface area contributed by atoms with Gasteiger partial charge in [0.15, 0.2) is 4.77 Å². The lowest BCUT2D eigenvalue weighted by atomic mass is 10.2. The Morgan fingerprint density at radius 3 is 2.78 bits per heavy atom. The molecule has 0 radical (unpaired) electrons. The number of aromatic hydroxyl groups is 1. The van der Waals surface area contributed by atoms with Gasteiger partial charge in [0.25, 0.3) is 11.5 Å². The van der Waals surface area contributed by atoms with E-state index in [1.54, 1.807) is 24.3 Å².